The first-order valence-electron chi connectivity index (χ1n) is 8.05. The predicted octanol–water partition coefficient (Wildman–Crippen LogP) is 1.81. The minimum Gasteiger partial charge on any atom is -0.337 e. The Labute approximate surface area is 130 Å². The summed E-state index contributed by atoms with van der Waals surface area (Å²) >= 11 is 0. The minimum absolute atomic E-state index is 0.153. The van der Waals surface area contributed by atoms with Crippen molar-refractivity contribution in [2.75, 3.05) is 26.7 Å². The van der Waals surface area contributed by atoms with Gasteiger partial charge < -0.3 is 14.2 Å². The van der Waals surface area contributed by atoms with Crippen LogP contribution in [0.2, 0.25) is 0 Å². The zero-order valence-corrected chi connectivity index (χ0v) is 13.2. The molecule has 5 rings (SSSR count). The third kappa shape index (κ3) is 2.29. The molecule has 2 bridgehead atoms. The summed E-state index contributed by atoms with van der Waals surface area (Å²) in [6.45, 7) is 4.83. The van der Waals surface area contributed by atoms with Gasteiger partial charge in [0.1, 0.15) is 5.65 Å². The van der Waals surface area contributed by atoms with E-state index in [2.05, 4.69) is 21.8 Å². The van der Waals surface area contributed by atoms with Crippen molar-refractivity contribution in [3.05, 3.63) is 35.8 Å². The number of rotatable bonds is 1. The second-order valence-corrected chi connectivity index (χ2v) is 6.81. The fraction of sp³-hybridized carbons (Fsp3) is 0.529. The lowest BCUT2D eigenvalue weighted by Gasteiger charge is -2.32. The van der Waals surface area contributed by atoms with Crippen LogP contribution in [0.3, 0.4) is 0 Å². The summed E-state index contributed by atoms with van der Waals surface area (Å²) in [4.78, 5) is 21.8. The highest BCUT2D eigenvalue weighted by Crippen LogP contribution is 2.27. The van der Waals surface area contributed by atoms with Crippen molar-refractivity contribution < 1.29 is 4.79 Å². The number of carbonyl (C=O) groups excluding carboxylic acids is 1. The van der Waals surface area contributed by atoms with Gasteiger partial charge in [0.2, 0.25) is 0 Å². The molecule has 3 fully saturated rings. The van der Waals surface area contributed by atoms with Gasteiger partial charge in [0.05, 0.1) is 11.3 Å². The van der Waals surface area contributed by atoms with E-state index in [-0.39, 0.29) is 5.91 Å². The van der Waals surface area contributed by atoms with Gasteiger partial charge in [-0.2, -0.15) is 0 Å². The molecule has 0 spiro atoms. The van der Waals surface area contributed by atoms with Crippen LogP contribution in [0.4, 0.5) is 0 Å². The molecule has 5 nitrogen and oxygen atoms in total. The number of aromatic nitrogens is 2. The number of aryl methyl sites for hydroxylation is 1. The van der Waals surface area contributed by atoms with Crippen LogP contribution in [-0.4, -0.2) is 57.8 Å². The molecule has 0 aromatic carbocycles. The molecule has 116 valence electrons. The molecule has 3 aliphatic heterocycles. The molecule has 3 aliphatic rings. The van der Waals surface area contributed by atoms with E-state index < -0.39 is 0 Å². The van der Waals surface area contributed by atoms with E-state index in [1.165, 1.54) is 12.8 Å². The van der Waals surface area contributed by atoms with Gasteiger partial charge in [-0.3, -0.25) is 4.79 Å². The number of imidazole rings is 1. The summed E-state index contributed by atoms with van der Waals surface area (Å²) in [6, 6.07) is 4.35. The van der Waals surface area contributed by atoms with Crippen molar-refractivity contribution in [2.45, 2.75) is 25.8 Å². The highest BCUT2D eigenvalue weighted by Gasteiger charge is 2.34. The van der Waals surface area contributed by atoms with E-state index in [4.69, 9.17) is 0 Å². The van der Waals surface area contributed by atoms with Crippen LogP contribution in [0.5, 0.6) is 0 Å². The Morgan fingerprint density at radius 2 is 2.05 bits per heavy atom. The lowest BCUT2D eigenvalue weighted by molar-refractivity contribution is 0.0742. The van der Waals surface area contributed by atoms with Crippen molar-refractivity contribution in [3.63, 3.8) is 0 Å². The number of amides is 1. The standard InChI is InChI=1S/C17H22N4O/c1-12-7-20-10-14(4-6-16(20)18-12)17(22)21-9-13-3-5-15(11-21)19(2)8-13/h4,6-7,10,13,15H,3,5,8-9,11H2,1-2H3/t13-,15-/m0/s1. The molecule has 3 saturated heterocycles. The second-order valence-electron chi connectivity index (χ2n) is 6.81. The molecule has 0 saturated carbocycles. The predicted molar refractivity (Wildman–Crippen MR) is 85.0 cm³/mol. The number of piperidine rings is 1. The largest absolute Gasteiger partial charge is 0.337 e. The van der Waals surface area contributed by atoms with Crippen LogP contribution in [0.25, 0.3) is 5.65 Å². The molecule has 1 amide bonds. The lowest BCUT2D eigenvalue weighted by atomic mass is 9.96. The Bertz CT molecular complexity index is 723. The normalized spacial score (nSPS) is 25.6. The molecule has 5 heterocycles. The van der Waals surface area contributed by atoms with Gasteiger partial charge in [-0.05, 0) is 44.9 Å². The molecule has 2 aromatic rings. The lowest BCUT2D eigenvalue weighted by Crippen LogP contribution is -2.41. The Hall–Kier alpha value is -1.88. The number of hydrogen-bond donors (Lipinski definition) is 0. The molecule has 22 heavy (non-hydrogen) atoms. The van der Waals surface area contributed by atoms with Gasteiger partial charge in [-0.15, -0.1) is 0 Å². The molecule has 0 N–H and O–H groups in total. The van der Waals surface area contributed by atoms with Gasteiger partial charge >= 0.3 is 0 Å². The van der Waals surface area contributed by atoms with Gasteiger partial charge in [0, 0.05) is 38.1 Å². The fourth-order valence-electron chi connectivity index (χ4n) is 3.91. The van der Waals surface area contributed by atoms with Crippen molar-refractivity contribution in [2.24, 2.45) is 5.92 Å². The Kier molecular flexibility index (Phi) is 3.18. The quantitative estimate of drug-likeness (QED) is 0.806. The van der Waals surface area contributed by atoms with E-state index in [1.807, 2.05) is 35.9 Å². The van der Waals surface area contributed by atoms with E-state index in [0.29, 0.717) is 12.0 Å². The molecule has 2 aromatic heterocycles. The molecule has 0 unspecified atom stereocenters. The van der Waals surface area contributed by atoms with Crippen LogP contribution in [0, 0.1) is 12.8 Å². The Morgan fingerprint density at radius 1 is 1.18 bits per heavy atom. The molecular formula is C17H22N4O. The van der Waals surface area contributed by atoms with Gasteiger partial charge in [0.15, 0.2) is 0 Å². The van der Waals surface area contributed by atoms with Crippen molar-refractivity contribution in [1.29, 1.82) is 0 Å². The second kappa shape index (κ2) is 5.09. The number of hydrogen-bond acceptors (Lipinski definition) is 3. The SMILES string of the molecule is Cc1cn2cc(C(=O)N3C[C@H]4CC[C@@H](C3)N(C)C4)ccc2n1. The zero-order chi connectivity index (χ0) is 15.3. The first kappa shape index (κ1) is 13.8. The van der Waals surface area contributed by atoms with Crippen molar-refractivity contribution >= 4 is 11.6 Å². The summed E-state index contributed by atoms with van der Waals surface area (Å²) in [7, 11) is 2.19. The minimum atomic E-state index is 0.153. The van der Waals surface area contributed by atoms with Crippen LogP contribution in [0.1, 0.15) is 28.9 Å². The average Bonchev–Trinajstić information content (AvgIpc) is 2.66. The highest BCUT2D eigenvalue weighted by molar-refractivity contribution is 5.94. The maximum atomic E-state index is 12.9. The van der Waals surface area contributed by atoms with Crippen LogP contribution in [-0.2, 0) is 0 Å². The smallest absolute Gasteiger partial charge is 0.255 e. The zero-order valence-electron chi connectivity index (χ0n) is 13.2. The third-order valence-electron chi connectivity index (χ3n) is 5.09. The molecule has 2 atom stereocenters. The average molecular weight is 298 g/mol. The van der Waals surface area contributed by atoms with E-state index in [1.54, 1.807) is 0 Å². The third-order valence-corrected chi connectivity index (χ3v) is 5.09. The number of carbonyl (C=O) groups is 1. The first-order chi connectivity index (χ1) is 10.6. The Morgan fingerprint density at radius 3 is 2.86 bits per heavy atom. The van der Waals surface area contributed by atoms with Crippen LogP contribution in [0.15, 0.2) is 24.5 Å². The topological polar surface area (TPSA) is 40.9 Å². The van der Waals surface area contributed by atoms with Crippen molar-refractivity contribution in [1.82, 2.24) is 19.2 Å². The number of nitrogens with zero attached hydrogens (tertiary/aromatic N) is 4. The van der Waals surface area contributed by atoms with Crippen LogP contribution < -0.4 is 0 Å². The summed E-state index contributed by atoms with van der Waals surface area (Å²) in [5.74, 6) is 0.771. The maximum Gasteiger partial charge on any atom is 0.255 e. The summed E-state index contributed by atoms with van der Waals surface area (Å²) in [5.41, 5.74) is 2.62. The highest BCUT2D eigenvalue weighted by atomic mass is 16.2. The van der Waals surface area contributed by atoms with E-state index in [0.717, 1.165) is 36.5 Å². The molecule has 5 heteroatoms. The van der Waals surface area contributed by atoms with Gasteiger partial charge in [-0.1, -0.05) is 0 Å². The number of fused-ring (bicyclic) bond motifs is 5. The summed E-state index contributed by atoms with van der Waals surface area (Å²) < 4.78 is 1.95. The molecule has 0 aliphatic carbocycles. The Balaban J connectivity index is 1.62. The fourth-order valence-corrected chi connectivity index (χ4v) is 3.91. The summed E-state index contributed by atoms with van der Waals surface area (Å²) in [6.07, 6.45) is 6.34. The number of likely N-dealkylation sites (N-methyl/N-ethyl adjacent to an activating group) is 1. The van der Waals surface area contributed by atoms with E-state index >= 15 is 0 Å². The van der Waals surface area contributed by atoms with Crippen LogP contribution >= 0.6 is 0 Å². The summed E-state index contributed by atoms with van der Waals surface area (Å²) in [5, 5.41) is 0. The van der Waals surface area contributed by atoms with Gasteiger partial charge in [0.25, 0.3) is 5.91 Å². The maximum absolute atomic E-state index is 12.9. The van der Waals surface area contributed by atoms with Gasteiger partial charge in [-0.25, -0.2) is 4.98 Å². The van der Waals surface area contributed by atoms with Crippen molar-refractivity contribution in [3.8, 4) is 0 Å². The monoisotopic (exact) mass is 298 g/mol. The molecule has 0 radical (unpaired) electrons. The first-order valence-corrected chi connectivity index (χ1v) is 8.05. The molecular weight excluding hydrogens is 276 g/mol. The van der Waals surface area contributed by atoms with E-state index in [9.17, 15) is 4.79 Å². The number of pyridine rings is 1.